The van der Waals surface area contributed by atoms with E-state index in [0.717, 1.165) is 50.0 Å². The zero-order valence-corrected chi connectivity index (χ0v) is 14.9. The number of likely N-dealkylation sites (tertiary alicyclic amines) is 2. The van der Waals surface area contributed by atoms with Crippen molar-refractivity contribution in [3.8, 4) is 0 Å². The van der Waals surface area contributed by atoms with Crippen molar-refractivity contribution in [3.63, 3.8) is 0 Å². The van der Waals surface area contributed by atoms with E-state index in [2.05, 4.69) is 22.0 Å². The smallest absolute Gasteiger partial charge is 0.238 e. The number of rotatable bonds is 6. The number of primary amides is 1. The molecule has 0 aliphatic carbocycles. The highest BCUT2D eigenvalue weighted by Gasteiger charge is 2.29. The molecule has 2 atom stereocenters. The molecule has 1 aromatic carbocycles. The van der Waals surface area contributed by atoms with Crippen LogP contribution in [0.1, 0.15) is 38.2 Å². The first-order valence-corrected chi connectivity index (χ1v) is 9.20. The number of nitrogens with two attached hydrogens (primary N) is 1. The third kappa shape index (κ3) is 4.38. The number of anilines is 1. The van der Waals surface area contributed by atoms with Gasteiger partial charge < -0.3 is 11.1 Å². The number of carbonyl (C=O) groups excluding carboxylic acids is 2. The van der Waals surface area contributed by atoms with Crippen molar-refractivity contribution < 1.29 is 9.59 Å². The molecule has 0 saturated carbocycles. The van der Waals surface area contributed by atoms with E-state index in [1.165, 1.54) is 0 Å². The monoisotopic (exact) mass is 344 g/mol. The molecule has 6 nitrogen and oxygen atoms in total. The van der Waals surface area contributed by atoms with Crippen LogP contribution in [-0.4, -0.2) is 53.3 Å². The number of para-hydroxylation sites is 1. The maximum Gasteiger partial charge on any atom is 0.238 e. The molecule has 2 amide bonds. The summed E-state index contributed by atoms with van der Waals surface area (Å²) < 4.78 is 0. The molecule has 0 bridgehead atoms. The predicted octanol–water partition coefficient (Wildman–Crippen LogP) is 1.56. The van der Waals surface area contributed by atoms with Gasteiger partial charge in [-0.2, -0.15) is 0 Å². The highest BCUT2D eigenvalue weighted by atomic mass is 16.2. The SMILES string of the molecule is C[C@H]1CCCN1CC(=O)Nc1ccccc1CN1CCC[C@@H]1C(N)=O. The number of benzene rings is 1. The van der Waals surface area contributed by atoms with Gasteiger partial charge in [0.2, 0.25) is 11.8 Å². The van der Waals surface area contributed by atoms with Gasteiger partial charge in [0.15, 0.2) is 0 Å². The van der Waals surface area contributed by atoms with Gasteiger partial charge in [-0.25, -0.2) is 0 Å². The maximum atomic E-state index is 12.4. The van der Waals surface area contributed by atoms with E-state index in [1.807, 2.05) is 24.3 Å². The lowest BCUT2D eigenvalue weighted by Gasteiger charge is -2.24. The zero-order valence-electron chi connectivity index (χ0n) is 14.9. The van der Waals surface area contributed by atoms with Crippen LogP contribution in [-0.2, 0) is 16.1 Å². The summed E-state index contributed by atoms with van der Waals surface area (Å²) in [7, 11) is 0. The Morgan fingerprint density at radius 1 is 1.16 bits per heavy atom. The molecule has 3 rings (SSSR count). The molecule has 2 saturated heterocycles. The molecule has 25 heavy (non-hydrogen) atoms. The van der Waals surface area contributed by atoms with Crippen LogP contribution in [0.5, 0.6) is 0 Å². The van der Waals surface area contributed by atoms with E-state index in [-0.39, 0.29) is 17.9 Å². The van der Waals surface area contributed by atoms with E-state index < -0.39 is 0 Å². The molecule has 6 heteroatoms. The lowest BCUT2D eigenvalue weighted by molar-refractivity contribution is -0.122. The van der Waals surface area contributed by atoms with Crippen molar-refractivity contribution in [3.05, 3.63) is 29.8 Å². The van der Waals surface area contributed by atoms with Gasteiger partial charge in [0.25, 0.3) is 0 Å². The second kappa shape index (κ2) is 7.97. The standard InChI is InChI=1S/C19H28N4O2/c1-14-6-4-10-22(14)13-18(24)21-16-8-3-2-7-15(16)12-23-11-5-9-17(23)19(20)25/h2-3,7-8,14,17H,4-6,9-13H2,1H3,(H2,20,25)(H,21,24)/t14-,17+/m0/s1. The van der Waals surface area contributed by atoms with Crippen molar-refractivity contribution in [2.75, 3.05) is 25.0 Å². The van der Waals surface area contributed by atoms with Crippen LogP contribution in [0.25, 0.3) is 0 Å². The van der Waals surface area contributed by atoms with E-state index in [9.17, 15) is 9.59 Å². The number of nitrogens with zero attached hydrogens (tertiary/aromatic N) is 2. The van der Waals surface area contributed by atoms with Gasteiger partial charge >= 0.3 is 0 Å². The second-order valence-electron chi connectivity index (χ2n) is 7.20. The van der Waals surface area contributed by atoms with Crippen LogP contribution < -0.4 is 11.1 Å². The van der Waals surface area contributed by atoms with Gasteiger partial charge in [-0.3, -0.25) is 19.4 Å². The average Bonchev–Trinajstić information content (AvgIpc) is 3.19. The number of nitrogens with one attached hydrogen (secondary N) is 1. The number of hydrogen-bond acceptors (Lipinski definition) is 4. The Balaban J connectivity index is 1.64. The van der Waals surface area contributed by atoms with E-state index in [0.29, 0.717) is 19.1 Å². The number of carbonyl (C=O) groups is 2. The summed E-state index contributed by atoms with van der Waals surface area (Å²) in [4.78, 5) is 28.4. The van der Waals surface area contributed by atoms with Crippen LogP contribution in [0.15, 0.2) is 24.3 Å². The number of hydrogen-bond donors (Lipinski definition) is 2. The molecule has 2 fully saturated rings. The molecule has 0 radical (unpaired) electrons. The molecule has 0 spiro atoms. The summed E-state index contributed by atoms with van der Waals surface area (Å²) in [5, 5.41) is 3.05. The fourth-order valence-corrected chi connectivity index (χ4v) is 3.94. The lowest BCUT2D eigenvalue weighted by atomic mass is 10.1. The minimum Gasteiger partial charge on any atom is -0.368 e. The molecule has 1 aromatic rings. The lowest BCUT2D eigenvalue weighted by Crippen LogP contribution is -2.40. The summed E-state index contributed by atoms with van der Waals surface area (Å²) in [5.74, 6) is -0.240. The van der Waals surface area contributed by atoms with Gasteiger partial charge in [0, 0.05) is 18.3 Å². The van der Waals surface area contributed by atoms with E-state index >= 15 is 0 Å². The Hall–Kier alpha value is -1.92. The molecule has 2 aliphatic heterocycles. The second-order valence-corrected chi connectivity index (χ2v) is 7.20. The highest BCUT2D eigenvalue weighted by molar-refractivity contribution is 5.93. The van der Waals surface area contributed by atoms with Gasteiger partial charge in [-0.05, 0) is 57.3 Å². The van der Waals surface area contributed by atoms with Gasteiger partial charge in [0.1, 0.15) is 0 Å². The van der Waals surface area contributed by atoms with Crippen molar-refractivity contribution >= 4 is 17.5 Å². The average molecular weight is 344 g/mol. The summed E-state index contributed by atoms with van der Waals surface area (Å²) in [6.45, 7) is 5.09. The quantitative estimate of drug-likeness (QED) is 0.821. The van der Waals surface area contributed by atoms with E-state index in [4.69, 9.17) is 5.73 Å². The molecule has 2 aliphatic rings. The molecule has 2 heterocycles. The largest absolute Gasteiger partial charge is 0.368 e. The van der Waals surface area contributed by atoms with Crippen LogP contribution >= 0.6 is 0 Å². The first-order valence-electron chi connectivity index (χ1n) is 9.20. The van der Waals surface area contributed by atoms with Crippen molar-refractivity contribution in [2.24, 2.45) is 5.73 Å². The molecular weight excluding hydrogens is 316 g/mol. The molecular formula is C19H28N4O2. The third-order valence-corrected chi connectivity index (χ3v) is 5.39. The Kier molecular flexibility index (Phi) is 5.71. The molecule has 0 aromatic heterocycles. The minimum atomic E-state index is -0.262. The topological polar surface area (TPSA) is 78.7 Å². The summed E-state index contributed by atoms with van der Waals surface area (Å²) in [6.07, 6.45) is 4.12. The molecule has 136 valence electrons. The summed E-state index contributed by atoms with van der Waals surface area (Å²) in [5.41, 5.74) is 7.36. The normalized spacial score (nSPS) is 24.5. The molecule has 3 N–H and O–H groups in total. The summed E-state index contributed by atoms with van der Waals surface area (Å²) in [6, 6.07) is 8.09. The zero-order chi connectivity index (χ0) is 17.8. The van der Waals surface area contributed by atoms with Crippen LogP contribution in [0.4, 0.5) is 5.69 Å². The fraction of sp³-hybridized carbons (Fsp3) is 0.579. The third-order valence-electron chi connectivity index (χ3n) is 5.39. The van der Waals surface area contributed by atoms with Crippen LogP contribution in [0.3, 0.4) is 0 Å². The van der Waals surface area contributed by atoms with Gasteiger partial charge in [0.05, 0.1) is 12.6 Å². The Labute approximate surface area is 149 Å². The van der Waals surface area contributed by atoms with Crippen molar-refractivity contribution in [1.29, 1.82) is 0 Å². The van der Waals surface area contributed by atoms with Crippen molar-refractivity contribution in [1.82, 2.24) is 9.80 Å². The highest BCUT2D eigenvalue weighted by Crippen LogP contribution is 2.24. The van der Waals surface area contributed by atoms with Gasteiger partial charge in [-0.15, -0.1) is 0 Å². The summed E-state index contributed by atoms with van der Waals surface area (Å²) >= 11 is 0. The van der Waals surface area contributed by atoms with Crippen LogP contribution in [0, 0.1) is 0 Å². The van der Waals surface area contributed by atoms with E-state index in [1.54, 1.807) is 0 Å². The predicted molar refractivity (Wildman–Crippen MR) is 98.0 cm³/mol. The first-order chi connectivity index (χ1) is 12.0. The Morgan fingerprint density at radius 3 is 2.60 bits per heavy atom. The molecule has 0 unspecified atom stereocenters. The van der Waals surface area contributed by atoms with Gasteiger partial charge in [-0.1, -0.05) is 18.2 Å². The van der Waals surface area contributed by atoms with Crippen LogP contribution in [0.2, 0.25) is 0 Å². The number of amides is 2. The first kappa shape index (κ1) is 17.9. The fourth-order valence-electron chi connectivity index (χ4n) is 3.94. The Bertz CT molecular complexity index is 634. The van der Waals surface area contributed by atoms with Crippen molar-refractivity contribution in [2.45, 2.75) is 51.2 Å². The minimum absolute atomic E-state index is 0.0223. The Morgan fingerprint density at radius 2 is 1.88 bits per heavy atom. The maximum absolute atomic E-state index is 12.4.